The molecule has 0 heterocycles. The van der Waals surface area contributed by atoms with Gasteiger partial charge in [0.15, 0.2) is 0 Å². The van der Waals surface area contributed by atoms with Gasteiger partial charge in [-0.1, -0.05) is 158 Å². The second kappa shape index (κ2) is 13.9. The summed E-state index contributed by atoms with van der Waals surface area (Å²) in [7, 11) is 0. The van der Waals surface area contributed by atoms with Gasteiger partial charge in [0, 0.05) is 28.1 Å². The first kappa shape index (κ1) is 35.4. The number of rotatable bonds is 6. The molecule has 0 N–H and O–H groups in total. The maximum atomic E-state index is 16.7. The van der Waals surface area contributed by atoms with Crippen LogP contribution in [0.1, 0.15) is 33.4 Å². The highest BCUT2D eigenvalue weighted by Gasteiger charge is 2.54. The summed E-state index contributed by atoms with van der Waals surface area (Å²) < 4.78 is 16.7. The number of hydrogen-bond donors (Lipinski definition) is 0. The molecule has 2 nitrogen and oxygen atoms in total. The molecule has 0 aromatic heterocycles. The van der Waals surface area contributed by atoms with Crippen molar-refractivity contribution in [1.29, 1.82) is 5.26 Å². The van der Waals surface area contributed by atoms with Crippen molar-refractivity contribution in [3.63, 3.8) is 0 Å². The first-order chi connectivity index (χ1) is 29.5. The van der Waals surface area contributed by atoms with Crippen molar-refractivity contribution in [1.82, 2.24) is 0 Å². The summed E-state index contributed by atoms with van der Waals surface area (Å²) in [6.07, 6.45) is 0. The van der Waals surface area contributed by atoms with Crippen LogP contribution in [0.2, 0.25) is 0 Å². The average molecular weight is 769 g/mol. The minimum absolute atomic E-state index is 0.241. The molecule has 1 atom stereocenters. The molecule has 2 aliphatic carbocycles. The van der Waals surface area contributed by atoms with Gasteiger partial charge < -0.3 is 4.90 Å². The van der Waals surface area contributed by atoms with Crippen LogP contribution in [0.4, 0.5) is 21.5 Å². The molecule has 11 rings (SSSR count). The van der Waals surface area contributed by atoms with E-state index in [1.165, 1.54) is 0 Å². The van der Waals surface area contributed by atoms with Crippen molar-refractivity contribution in [3.8, 4) is 61.7 Å². The fourth-order valence-corrected chi connectivity index (χ4v) is 9.95. The lowest BCUT2D eigenvalue weighted by Crippen LogP contribution is -2.28. The maximum Gasteiger partial charge on any atom is 0.131 e. The van der Waals surface area contributed by atoms with E-state index in [0.29, 0.717) is 11.1 Å². The monoisotopic (exact) mass is 768 g/mol. The molecule has 282 valence electrons. The van der Waals surface area contributed by atoms with E-state index in [9.17, 15) is 5.26 Å². The number of anilines is 3. The van der Waals surface area contributed by atoms with Crippen LogP contribution in [0.3, 0.4) is 0 Å². The van der Waals surface area contributed by atoms with Gasteiger partial charge in [0.1, 0.15) is 5.82 Å². The van der Waals surface area contributed by atoms with Crippen LogP contribution in [0.25, 0.3) is 55.6 Å². The van der Waals surface area contributed by atoms with Gasteiger partial charge in [0.05, 0.1) is 22.7 Å². The lowest BCUT2D eigenvalue weighted by Gasteiger charge is -2.36. The van der Waals surface area contributed by atoms with Crippen molar-refractivity contribution in [2.75, 3.05) is 4.90 Å². The first-order valence-corrected chi connectivity index (χ1v) is 20.3. The minimum atomic E-state index is -0.922. The van der Waals surface area contributed by atoms with Gasteiger partial charge in [-0.25, -0.2) is 4.39 Å². The van der Waals surface area contributed by atoms with E-state index >= 15 is 4.39 Å². The highest BCUT2D eigenvalue weighted by atomic mass is 19.1. The second-order valence-electron chi connectivity index (χ2n) is 15.8. The van der Waals surface area contributed by atoms with Crippen molar-refractivity contribution in [3.05, 3.63) is 245 Å². The number of hydrogen-bond acceptors (Lipinski definition) is 2. The van der Waals surface area contributed by atoms with Crippen LogP contribution in [0, 0.1) is 24.1 Å². The van der Waals surface area contributed by atoms with Gasteiger partial charge in [-0.15, -0.1) is 0 Å². The zero-order valence-corrected chi connectivity index (χ0v) is 32.9. The van der Waals surface area contributed by atoms with Gasteiger partial charge in [-0.05, 0) is 122 Å². The predicted octanol–water partition coefficient (Wildman–Crippen LogP) is 14.8. The van der Waals surface area contributed by atoms with Crippen molar-refractivity contribution < 1.29 is 4.39 Å². The van der Waals surface area contributed by atoms with Gasteiger partial charge in [0.2, 0.25) is 0 Å². The lowest BCUT2D eigenvalue weighted by atomic mass is 9.69. The predicted molar refractivity (Wildman–Crippen MR) is 243 cm³/mol. The largest absolute Gasteiger partial charge is 0.310 e. The van der Waals surface area contributed by atoms with E-state index in [2.05, 4.69) is 169 Å². The Morgan fingerprint density at radius 2 is 1.00 bits per heavy atom. The Morgan fingerprint density at radius 3 is 1.65 bits per heavy atom. The van der Waals surface area contributed by atoms with Gasteiger partial charge >= 0.3 is 0 Å². The fourth-order valence-electron chi connectivity index (χ4n) is 9.95. The summed E-state index contributed by atoms with van der Waals surface area (Å²) >= 11 is 0. The number of fused-ring (bicyclic) bond motifs is 10. The number of aryl methyl sites for hydroxylation is 1. The van der Waals surface area contributed by atoms with E-state index < -0.39 is 5.41 Å². The Hall–Kier alpha value is -7.80. The molecule has 0 fully saturated rings. The molecule has 3 heteroatoms. The molecule has 0 saturated carbocycles. The fraction of sp³-hybridized carbons (Fsp3) is 0.0351. The molecule has 1 spiro atoms. The Balaban J connectivity index is 1.27. The summed E-state index contributed by atoms with van der Waals surface area (Å²) in [6.45, 7) is 1.97. The first-order valence-electron chi connectivity index (χ1n) is 20.3. The highest BCUT2D eigenvalue weighted by molar-refractivity contribution is 6.01. The van der Waals surface area contributed by atoms with Gasteiger partial charge in [-0.3, -0.25) is 0 Å². The number of nitrogens with zero attached hydrogens (tertiary/aromatic N) is 2. The smallest absolute Gasteiger partial charge is 0.131 e. The molecular formula is C57H37FN2. The van der Waals surface area contributed by atoms with Crippen molar-refractivity contribution in [2.45, 2.75) is 12.3 Å². The average Bonchev–Trinajstić information content (AvgIpc) is 3.78. The Kier molecular flexibility index (Phi) is 8.22. The number of halogens is 1. The molecule has 0 amide bonds. The molecule has 60 heavy (non-hydrogen) atoms. The van der Waals surface area contributed by atoms with Crippen molar-refractivity contribution >= 4 is 17.1 Å². The molecule has 9 aromatic rings. The van der Waals surface area contributed by atoms with Crippen LogP contribution < -0.4 is 4.90 Å². The Labute approximate surface area is 349 Å². The van der Waals surface area contributed by atoms with E-state index in [1.807, 2.05) is 49.4 Å². The molecule has 0 saturated heterocycles. The van der Waals surface area contributed by atoms with E-state index in [-0.39, 0.29) is 5.82 Å². The molecule has 9 aromatic carbocycles. The zero-order valence-electron chi connectivity index (χ0n) is 32.9. The summed E-state index contributed by atoms with van der Waals surface area (Å²) in [5.74, 6) is -0.241. The van der Waals surface area contributed by atoms with Crippen LogP contribution in [-0.2, 0) is 5.41 Å². The third kappa shape index (κ3) is 5.32. The molecule has 1 unspecified atom stereocenters. The summed E-state index contributed by atoms with van der Waals surface area (Å²) in [6, 6.07) is 74.2. The lowest BCUT2D eigenvalue weighted by molar-refractivity contribution is 0.627. The number of nitriles is 1. The molecule has 0 bridgehead atoms. The van der Waals surface area contributed by atoms with Crippen LogP contribution in [0.5, 0.6) is 0 Å². The zero-order chi connectivity index (χ0) is 40.4. The molecule has 2 aliphatic rings. The highest BCUT2D eigenvalue weighted by Crippen LogP contribution is 2.66. The summed E-state index contributed by atoms with van der Waals surface area (Å²) in [5.41, 5.74) is 17.3. The van der Waals surface area contributed by atoms with E-state index in [4.69, 9.17) is 0 Å². The van der Waals surface area contributed by atoms with Gasteiger partial charge in [0.25, 0.3) is 0 Å². The topological polar surface area (TPSA) is 27.0 Å². The Bertz CT molecular complexity index is 3110. The third-order valence-corrected chi connectivity index (χ3v) is 12.4. The molecule has 0 radical (unpaired) electrons. The minimum Gasteiger partial charge on any atom is -0.310 e. The van der Waals surface area contributed by atoms with E-state index in [1.54, 1.807) is 6.07 Å². The van der Waals surface area contributed by atoms with Crippen LogP contribution in [0.15, 0.2) is 206 Å². The van der Waals surface area contributed by atoms with Crippen molar-refractivity contribution in [2.24, 2.45) is 0 Å². The van der Waals surface area contributed by atoms with Crippen LogP contribution in [-0.4, -0.2) is 0 Å². The maximum absolute atomic E-state index is 16.7. The summed E-state index contributed by atoms with van der Waals surface area (Å²) in [4.78, 5) is 2.37. The molecular weight excluding hydrogens is 732 g/mol. The third-order valence-electron chi connectivity index (χ3n) is 12.4. The van der Waals surface area contributed by atoms with E-state index in [0.717, 1.165) is 95.0 Å². The quantitative estimate of drug-likeness (QED) is 0.168. The standard InChI is InChI=1S/C57H37FN2/c1-37-31-51-55(52(58)32-37)47-22-11-12-24-49(47)57(51)50-25-13-21-42(36-59)54(50)48-23-14-26-53(56(48)57)60(45-29-27-41(28-30-45)38-15-5-2-6-16-38)46-34-43(39-17-7-3-8-18-39)33-44(35-46)40-19-9-4-10-20-40/h2-35H,1H3. The summed E-state index contributed by atoms with van der Waals surface area (Å²) in [5, 5.41) is 10.7. The normalized spacial score (nSPS) is 14.2. The van der Waals surface area contributed by atoms with Gasteiger partial charge in [-0.2, -0.15) is 5.26 Å². The molecule has 0 aliphatic heterocycles. The van der Waals surface area contributed by atoms with Crippen LogP contribution >= 0.6 is 0 Å². The second-order valence-corrected chi connectivity index (χ2v) is 15.8. The Morgan fingerprint density at radius 1 is 0.450 bits per heavy atom. The number of benzene rings is 9. The SMILES string of the molecule is Cc1cc(F)c2c(c1)C1(c3ccccc3-2)c2cccc(C#N)c2-c2cccc(N(c3ccc(-c4ccccc4)cc3)c3cc(-c4ccccc4)cc(-c4ccccc4)c3)c21.